The maximum absolute atomic E-state index is 5.54. The number of unbranched alkanes of at least 4 members (excludes halogenated alkanes) is 1. The van der Waals surface area contributed by atoms with Crippen LogP contribution in [0.2, 0.25) is 0 Å². The van der Waals surface area contributed by atoms with E-state index in [9.17, 15) is 0 Å². The van der Waals surface area contributed by atoms with Gasteiger partial charge in [-0.1, -0.05) is 13.3 Å². The second-order valence-corrected chi connectivity index (χ2v) is 4.69. The molecule has 1 aromatic rings. The normalized spacial score (nSPS) is 11.2. The van der Waals surface area contributed by atoms with Crippen LogP contribution in [0, 0.1) is 13.8 Å². The van der Waals surface area contributed by atoms with Gasteiger partial charge in [0.15, 0.2) is 5.96 Å². The van der Waals surface area contributed by atoms with E-state index in [1.807, 2.05) is 13.8 Å². The maximum atomic E-state index is 5.54. The largest absolute Gasteiger partial charge is 0.444 e. The van der Waals surface area contributed by atoms with E-state index >= 15 is 0 Å². The van der Waals surface area contributed by atoms with Gasteiger partial charge < -0.3 is 14.6 Å². The minimum Gasteiger partial charge on any atom is -0.444 e. The van der Waals surface area contributed by atoms with Gasteiger partial charge in [-0.2, -0.15) is 0 Å². The fraction of sp³-hybridized carbons (Fsp3) is 0.714. The van der Waals surface area contributed by atoms with Gasteiger partial charge in [-0.3, -0.25) is 0 Å². The summed E-state index contributed by atoms with van der Waals surface area (Å²) in [5.74, 6) is 2.45. The molecule has 1 rings (SSSR count). The van der Waals surface area contributed by atoms with Crippen molar-refractivity contribution < 1.29 is 4.42 Å². The average molecular weight is 394 g/mol. The lowest BCUT2D eigenvalue weighted by Gasteiger charge is -2.21. The van der Waals surface area contributed by atoms with Gasteiger partial charge in [0, 0.05) is 20.1 Å². The zero-order chi connectivity index (χ0) is 14.3. The molecule has 0 aliphatic carbocycles. The highest BCUT2D eigenvalue weighted by Gasteiger charge is 2.07. The van der Waals surface area contributed by atoms with Crippen LogP contribution in [0.4, 0.5) is 0 Å². The Bertz CT molecular complexity index is 398. The highest BCUT2D eigenvalue weighted by atomic mass is 127. The van der Waals surface area contributed by atoms with E-state index in [0.717, 1.165) is 36.9 Å². The van der Waals surface area contributed by atoms with Gasteiger partial charge in [0.1, 0.15) is 12.3 Å². The van der Waals surface area contributed by atoms with Crippen LogP contribution in [0.15, 0.2) is 9.41 Å². The number of hydrogen-bond donors (Lipinski definition) is 1. The van der Waals surface area contributed by atoms with Crippen LogP contribution in [0.3, 0.4) is 0 Å². The molecule has 1 N–H and O–H groups in total. The molecule has 0 atom stereocenters. The fourth-order valence-corrected chi connectivity index (χ4v) is 1.72. The van der Waals surface area contributed by atoms with Gasteiger partial charge in [0.05, 0.1) is 5.69 Å². The van der Waals surface area contributed by atoms with Gasteiger partial charge in [-0.05, 0) is 27.2 Å². The molecule has 1 heterocycles. The lowest BCUT2D eigenvalue weighted by molar-refractivity contribution is 0.452. The first kappa shape index (κ1) is 19.2. The molecular weight excluding hydrogens is 367 g/mol. The quantitative estimate of drug-likeness (QED) is 0.458. The summed E-state index contributed by atoms with van der Waals surface area (Å²) >= 11 is 0. The molecule has 6 heteroatoms. The van der Waals surface area contributed by atoms with Gasteiger partial charge in [-0.25, -0.2) is 9.98 Å². The standard InChI is InChI=1S/C14H26N4O.HI/c1-6-8-9-18(5)14(15-7-2)16-10-13-17-11(3)12(4)19-13;/h6-10H2,1-5H3,(H,15,16);1H. The average Bonchev–Trinajstić information content (AvgIpc) is 2.71. The van der Waals surface area contributed by atoms with Crippen molar-refractivity contribution in [3.8, 4) is 0 Å². The molecule has 0 aliphatic heterocycles. The summed E-state index contributed by atoms with van der Waals surface area (Å²) in [4.78, 5) is 11.1. The Kier molecular flexibility index (Phi) is 9.62. The molecule has 0 radical (unpaired) electrons. The maximum Gasteiger partial charge on any atom is 0.216 e. The first-order valence-electron chi connectivity index (χ1n) is 7.00. The number of nitrogens with zero attached hydrogens (tertiary/aromatic N) is 3. The van der Waals surface area contributed by atoms with Crippen LogP contribution in [-0.4, -0.2) is 36.0 Å². The Labute approximate surface area is 139 Å². The summed E-state index contributed by atoms with van der Waals surface area (Å²) in [6.07, 6.45) is 2.35. The highest BCUT2D eigenvalue weighted by Crippen LogP contribution is 2.09. The smallest absolute Gasteiger partial charge is 0.216 e. The minimum absolute atomic E-state index is 0. The summed E-state index contributed by atoms with van der Waals surface area (Å²) in [5.41, 5.74) is 0.939. The molecule has 20 heavy (non-hydrogen) atoms. The summed E-state index contributed by atoms with van der Waals surface area (Å²) < 4.78 is 5.54. The Morgan fingerprint density at radius 1 is 1.35 bits per heavy atom. The molecule has 0 aliphatic rings. The Morgan fingerprint density at radius 3 is 2.55 bits per heavy atom. The van der Waals surface area contributed by atoms with Gasteiger partial charge >= 0.3 is 0 Å². The minimum atomic E-state index is 0. The molecule has 0 fully saturated rings. The fourth-order valence-electron chi connectivity index (χ4n) is 1.72. The zero-order valence-corrected chi connectivity index (χ0v) is 15.5. The van der Waals surface area contributed by atoms with Crippen LogP contribution < -0.4 is 5.32 Å². The van der Waals surface area contributed by atoms with Crippen molar-refractivity contribution in [1.82, 2.24) is 15.2 Å². The molecule has 0 bridgehead atoms. The summed E-state index contributed by atoms with van der Waals surface area (Å²) in [6.45, 7) is 10.5. The first-order chi connectivity index (χ1) is 9.08. The van der Waals surface area contributed by atoms with E-state index in [0.29, 0.717) is 12.4 Å². The molecular formula is C14H27IN4O. The lowest BCUT2D eigenvalue weighted by Crippen LogP contribution is -2.39. The zero-order valence-electron chi connectivity index (χ0n) is 13.2. The van der Waals surface area contributed by atoms with Crippen molar-refractivity contribution in [3.63, 3.8) is 0 Å². The van der Waals surface area contributed by atoms with Gasteiger partial charge in [0.25, 0.3) is 0 Å². The molecule has 0 unspecified atom stereocenters. The van der Waals surface area contributed by atoms with E-state index in [2.05, 4.69) is 41.1 Å². The number of aromatic nitrogens is 1. The third-order valence-corrected chi connectivity index (χ3v) is 2.98. The van der Waals surface area contributed by atoms with Crippen LogP contribution in [0.25, 0.3) is 0 Å². The van der Waals surface area contributed by atoms with Gasteiger partial charge in [-0.15, -0.1) is 24.0 Å². The van der Waals surface area contributed by atoms with Crippen molar-refractivity contribution in [3.05, 3.63) is 17.3 Å². The SMILES string of the molecule is CCCCN(C)C(=NCc1nc(C)c(C)o1)NCC.I. The van der Waals surface area contributed by atoms with E-state index in [1.54, 1.807) is 0 Å². The third-order valence-electron chi connectivity index (χ3n) is 2.98. The second-order valence-electron chi connectivity index (χ2n) is 4.69. The number of aliphatic imine (C=N–C) groups is 1. The topological polar surface area (TPSA) is 53.7 Å². The lowest BCUT2D eigenvalue weighted by atomic mass is 10.3. The number of oxazole rings is 1. The number of halogens is 1. The first-order valence-corrected chi connectivity index (χ1v) is 7.00. The third kappa shape index (κ3) is 6.11. The predicted molar refractivity (Wildman–Crippen MR) is 93.7 cm³/mol. The van der Waals surface area contributed by atoms with Crippen molar-refractivity contribution in [2.45, 2.75) is 47.1 Å². The van der Waals surface area contributed by atoms with Crippen LogP contribution >= 0.6 is 24.0 Å². The van der Waals surface area contributed by atoms with E-state index < -0.39 is 0 Å². The summed E-state index contributed by atoms with van der Waals surface area (Å²) in [5, 5.41) is 3.29. The second kappa shape index (κ2) is 10.0. The molecule has 1 aromatic heterocycles. The van der Waals surface area contributed by atoms with Crippen LogP contribution in [0.5, 0.6) is 0 Å². The molecule has 0 saturated heterocycles. The van der Waals surface area contributed by atoms with Crippen LogP contribution in [0.1, 0.15) is 44.0 Å². The van der Waals surface area contributed by atoms with E-state index in [4.69, 9.17) is 4.42 Å². The molecule has 116 valence electrons. The summed E-state index contributed by atoms with van der Waals surface area (Å²) in [7, 11) is 2.06. The monoisotopic (exact) mass is 394 g/mol. The number of guanidine groups is 1. The predicted octanol–water partition coefficient (Wildman–Crippen LogP) is 3.11. The molecule has 0 amide bonds. The van der Waals surface area contributed by atoms with E-state index in [1.165, 1.54) is 6.42 Å². The Balaban J connectivity index is 0.00000361. The number of aryl methyl sites for hydroxylation is 2. The molecule has 5 nitrogen and oxygen atoms in total. The van der Waals surface area contributed by atoms with Gasteiger partial charge in [0.2, 0.25) is 5.89 Å². The number of rotatable bonds is 6. The van der Waals surface area contributed by atoms with Crippen LogP contribution in [-0.2, 0) is 6.54 Å². The van der Waals surface area contributed by atoms with Crippen molar-refractivity contribution >= 4 is 29.9 Å². The molecule has 0 aromatic carbocycles. The number of hydrogen-bond acceptors (Lipinski definition) is 3. The van der Waals surface area contributed by atoms with E-state index in [-0.39, 0.29) is 24.0 Å². The number of nitrogens with one attached hydrogen (secondary N) is 1. The summed E-state index contributed by atoms with van der Waals surface area (Å²) in [6, 6.07) is 0. The van der Waals surface area contributed by atoms with Crippen molar-refractivity contribution in [2.75, 3.05) is 20.1 Å². The molecule has 0 saturated carbocycles. The van der Waals surface area contributed by atoms with Crippen molar-refractivity contribution in [2.24, 2.45) is 4.99 Å². The highest BCUT2D eigenvalue weighted by molar-refractivity contribution is 14.0. The Morgan fingerprint density at radius 2 is 2.05 bits per heavy atom. The Hall–Kier alpha value is -0.790. The van der Waals surface area contributed by atoms with Crippen molar-refractivity contribution in [1.29, 1.82) is 0 Å². The molecule has 0 spiro atoms.